The summed E-state index contributed by atoms with van der Waals surface area (Å²) >= 11 is 9.23. The number of rotatable bonds is 2. The van der Waals surface area contributed by atoms with Crippen molar-refractivity contribution in [3.8, 4) is 11.6 Å². The summed E-state index contributed by atoms with van der Waals surface area (Å²) in [6, 6.07) is 7.00. The number of anilines is 1. The number of ether oxygens (including phenoxy) is 1. The smallest absolute Gasteiger partial charge is 0.222 e. The number of pyridine rings is 1. The number of aromatic nitrogens is 1. The molecule has 0 saturated carbocycles. The quantitative estimate of drug-likeness (QED) is 0.846. The lowest BCUT2D eigenvalue weighted by Gasteiger charge is -2.10. The first kappa shape index (κ1) is 12.2. The van der Waals surface area contributed by atoms with Crippen LogP contribution in [0.4, 0.5) is 5.69 Å². The van der Waals surface area contributed by atoms with Crippen molar-refractivity contribution in [2.24, 2.45) is 0 Å². The van der Waals surface area contributed by atoms with E-state index in [4.69, 9.17) is 22.1 Å². The SMILES string of the molecule is Cc1cc(Br)cnc1Oc1cc(Cl)ccc1N. The number of nitrogens with two attached hydrogens (primary N) is 1. The molecule has 0 bridgehead atoms. The number of aryl methyl sites for hydroxylation is 1. The molecule has 0 unspecified atom stereocenters. The lowest BCUT2D eigenvalue weighted by atomic mass is 10.3. The summed E-state index contributed by atoms with van der Waals surface area (Å²) in [5, 5.41) is 0.573. The van der Waals surface area contributed by atoms with Crippen molar-refractivity contribution < 1.29 is 4.74 Å². The van der Waals surface area contributed by atoms with Gasteiger partial charge in [-0.1, -0.05) is 11.6 Å². The van der Waals surface area contributed by atoms with E-state index in [-0.39, 0.29) is 0 Å². The average Bonchev–Trinajstić information content (AvgIpc) is 2.27. The van der Waals surface area contributed by atoms with Gasteiger partial charge < -0.3 is 10.5 Å². The molecule has 0 fully saturated rings. The Morgan fingerprint density at radius 2 is 2.12 bits per heavy atom. The molecule has 1 heterocycles. The highest BCUT2D eigenvalue weighted by atomic mass is 79.9. The van der Waals surface area contributed by atoms with E-state index in [1.165, 1.54) is 0 Å². The summed E-state index contributed by atoms with van der Waals surface area (Å²) in [6.07, 6.45) is 1.67. The van der Waals surface area contributed by atoms with Crippen LogP contribution in [-0.4, -0.2) is 4.98 Å². The summed E-state index contributed by atoms with van der Waals surface area (Å²) in [6.45, 7) is 1.91. The highest BCUT2D eigenvalue weighted by molar-refractivity contribution is 9.10. The van der Waals surface area contributed by atoms with Crippen molar-refractivity contribution in [1.29, 1.82) is 0 Å². The van der Waals surface area contributed by atoms with Crippen LogP contribution in [0.15, 0.2) is 34.9 Å². The number of halogens is 2. The highest BCUT2D eigenvalue weighted by Gasteiger charge is 2.07. The fraction of sp³-hybridized carbons (Fsp3) is 0.0833. The molecule has 2 rings (SSSR count). The fourth-order valence-corrected chi connectivity index (χ4v) is 1.94. The molecule has 0 spiro atoms. The normalized spacial score (nSPS) is 10.3. The maximum absolute atomic E-state index is 5.88. The summed E-state index contributed by atoms with van der Waals surface area (Å²) in [7, 11) is 0. The predicted octanol–water partition coefficient (Wildman–Crippen LogP) is 4.18. The third-order valence-corrected chi connectivity index (χ3v) is 2.85. The van der Waals surface area contributed by atoms with E-state index < -0.39 is 0 Å². The molecule has 0 saturated heterocycles. The Labute approximate surface area is 113 Å². The maximum Gasteiger partial charge on any atom is 0.222 e. The minimum absolute atomic E-state index is 0.510. The molecule has 0 aliphatic heterocycles. The molecule has 0 atom stereocenters. The molecule has 0 aliphatic rings. The first-order valence-corrected chi connectivity index (χ1v) is 6.08. The van der Waals surface area contributed by atoms with Gasteiger partial charge in [0.25, 0.3) is 0 Å². The maximum atomic E-state index is 5.88. The molecule has 17 heavy (non-hydrogen) atoms. The minimum atomic E-state index is 0.510. The zero-order valence-corrected chi connectivity index (χ0v) is 11.4. The molecule has 0 radical (unpaired) electrons. The molecular formula is C12H10BrClN2O. The van der Waals surface area contributed by atoms with Crippen molar-refractivity contribution >= 4 is 33.2 Å². The largest absolute Gasteiger partial charge is 0.437 e. The lowest BCUT2D eigenvalue weighted by Crippen LogP contribution is -1.95. The zero-order chi connectivity index (χ0) is 12.4. The minimum Gasteiger partial charge on any atom is -0.437 e. The van der Waals surface area contributed by atoms with Crippen molar-refractivity contribution in [3.63, 3.8) is 0 Å². The monoisotopic (exact) mass is 312 g/mol. The Hall–Kier alpha value is -1.26. The number of nitrogen functional groups attached to an aromatic ring is 1. The third-order valence-electron chi connectivity index (χ3n) is 2.18. The van der Waals surface area contributed by atoms with E-state index in [9.17, 15) is 0 Å². The van der Waals surface area contributed by atoms with E-state index in [0.29, 0.717) is 22.3 Å². The molecular weight excluding hydrogens is 304 g/mol. The van der Waals surface area contributed by atoms with Crippen LogP contribution in [0.3, 0.4) is 0 Å². The standard InChI is InChI=1S/C12H10BrClN2O/c1-7-4-8(13)6-16-12(7)17-11-5-9(14)2-3-10(11)15/h2-6H,15H2,1H3. The summed E-state index contributed by atoms with van der Waals surface area (Å²) in [5.41, 5.74) is 7.24. The Balaban J connectivity index is 2.34. The lowest BCUT2D eigenvalue weighted by molar-refractivity contribution is 0.461. The van der Waals surface area contributed by atoms with E-state index in [1.54, 1.807) is 24.4 Å². The molecule has 0 aliphatic carbocycles. The average molecular weight is 314 g/mol. The van der Waals surface area contributed by atoms with Gasteiger partial charge in [0.1, 0.15) is 0 Å². The van der Waals surface area contributed by atoms with Crippen molar-refractivity contribution in [2.45, 2.75) is 6.92 Å². The van der Waals surface area contributed by atoms with Gasteiger partial charge in [-0.3, -0.25) is 0 Å². The molecule has 0 amide bonds. The van der Waals surface area contributed by atoms with E-state index >= 15 is 0 Å². The number of hydrogen-bond donors (Lipinski definition) is 1. The molecule has 5 heteroatoms. The zero-order valence-electron chi connectivity index (χ0n) is 9.08. The second-order valence-electron chi connectivity index (χ2n) is 3.56. The van der Waals surface area contributed by atoms with Crippen LogP contribution in [-0.2, 0) is 0 Å². The Morgan fingerprint density at radius 3 is 2.82 bits per heavy atom. The van der Waals surface area contributed by atoms with E-state index in [1.807, 2.05) is 13.0 Å². The summed E-state index contributed by atoms with van der Waals surface area (Å²) in [4.78, 5) is 4.18. The molecule has 1 aromatic heterocycles. The van der Waals surface area contributed by atoms with Crippen LogP contribution >= 0.6 is 27.5 Å². The van der Waals surface area contributed by atoms with Crippen LogP contribution < -0.4 is 10.5 Å². The number of nitrogens with zero attached hydrogens (tertiary/aromatic N) is 1. The van der Waals surface area contributed by atoms with Gasteiger partial charge in [0.2, 0.25) is 5.88 Å². The number of hydrogen-bond acceptors (Lipinski definition) is 3. The molecule has 2 N–H and O–H groups in total. The van der Waals surface area contributed by atoms with E-state index in [0.717, 1.165) is 10.0 Å². The second kappa shape index (κ2) is 4.94. The first-order valence-electron chi connectivity index (χ1n) is 4.91. The van der Waals surface area contributed by atoms with Gasteiger partial charge in [0.05, 0.1) is 5.69 Å². The fourth-order valence-electron chi connectivity index (χ4n) is 1.34. The third kappa shape index (κ3) is 2.90. The topological polar surface area (TPSA) is 48.1 Å². The Kier molecular flexibility index (Phi) is 3.54. The number of benzene rings is 1. The molecule has 3 nitrogen and oxygen atoms in total. The van der Waals surface area contributed by atoms with Gasteiger partial charge >= 0.3 is 0 Å². The van der Waals surface area contributed by atoms with Crippen molar-refractivity contribution in [1.82, 2.24) is 4.98 Å². The Bertz CT molecular complexity index is 560. The van der Waals surface area contributed by atoms with Crippen LogP contribution in [0.25, 0.3) is 0 Å². The van der Waals surface area contributed by atoms with Crippen molar-refractivity contribution in [3.05, 3.63) is 45.5 Å². The van der Waals surface area contributed by atoms with Gasteiger partial charge in [-0.25, -0.2) is 4.98 Å². The first-order chi connectivity index (χ1) is 8.06. The summed E-state index contributed by atoms with van der Waals surface area (Å²) in [5.74, 6) is 1.03. The predicted molar refractivity (Wildman–Crippen MR) is 72.6 cm³/mol. The highest BCUT2D eigenvalue weighted by Crippen LogP contribution is 2.31. The molecule has 2 aromatic rings. The van der Waals surface area contributed by atoms with Gasteiger partial charge in [-0.15, -0.1) is 0 Å². The van der Waals surface area contributed by atoms with Crippen LogP contribution in [0.2, 0.25) is 5.02 Å². The molecule has 1 aromatic carbocycles. The van der Waals surface area contributed by atoms with E-state index in [2.05, 4.69) is 20.9 Å². The van der Waals surface area contributed by atoms with Crippen LogP contribution in [0.1, 0.15) is 5.56 Å². The molecule has 88 valence electrons. The van der Waals surface area contributed by atoms with Gasteiger partial charge in [0.15, 0.2) is 5.75 Å². The van der Waals surface area contributed by atoms with Crippen LogP contribution in [0.5, 0.6) is 11.6 Å². The summed E-state index contributed by atoms with van der Waals surface area (Å²) < 4.78 is 6.54. The second-order valence-corrected chi connectivity index (χ2v) is 4.91. The van der Waals surface area contributed by atoms with Gasteiger partial charge in [-0.05, 0) is 41.1 Å². The Morgan fingerprint density at radius 1 is 1.35 bits per heavy atom. The van der Waals surface area contributed by atoms with Crippen LogP contribution in [0, 0.1) is 6.92 Å². The van der Waals surface area contributed by atoms with Gasteiger partial charge in [0, 0.05) is 27.3 Å². The van der Waals surface area contributed by atoms with Crippen molar-refractivity contribution in [2.75, 3.05) is 5.73 Å². The van der Waals surface area contributed by atoms with Gasteiger partial charge in [-0.2, -0.15) is 0 Å².